The molecule has 0 bridgehead atoms. The van der Waals surface area contributed by atoms with Crippen LogP contribution >= 0.6 is 0 Å². The molecule has 0 aliphatic carbocycles. The fourth-order valence-electron chi connectivity index (χ4n) is 1.10. The summed E-state index contributed by atoms with van der Waals surface area (Å²) in [5.74, 6) is -0.431. The lowest BCUT2D eigenvalue weighted by atomic mass is 10.1. The van der Waals surface area contributed by atoms with Crippen LogP contribution in [-0.2, 0) is 10.0 Å². The Hall–Kier alpha value is -1.58. The molecule has 0 saturated carbocycles. The average molecular weight is 289 g/mol. The molecule has 0 fully saturated rings. The van der Waals surface area contributed by atoms with Crippen LogP contribution in [0, 0.1) is 10.1 Å². The molecule has 0 aliphatic rings. The van der Waals surface area contributed by atoms with E-state index in [1.54, 1.807) is 6.92 Å². The van der Waals surface area contributed by atoms with Gasteiger partial charge < -0.3 is 15.2 Å². The van der Waals surface area contributed by atoms with E-state index in [0.29, 0.717) is 6.42 Å². The Kier molecular flexibility index (Phi) is 4.56. The maximum Gasteiger partial charge on any atom is 0.363 e. The van der Waals surface area contributed by atoms with E-state index in [-0.39, 0.29) is 11.4 Å². The lowest BCUT2D eigenvalue weighted by Crippen LogP contribution is -2.40. The van der Waals surface area contributed by atoms with Gasteiger partial charge in [0, 0.05) is 12.6 Å². The molecule has 0 saturated heterocycles. The van der Waals surface area contributed by atoms with Gasteiger partial charge in [-0.3, -0.25) is 0 Å². The van der Waals surface area contributed by atoms with Crippen LogP contribution in [0.3, 0.4) is 0 Å². The standard InChI is InChI=1S/C10H15N3O5S/c1-3-10(2,14)7-12-19(17,18)8-4-5-9(11-6-8)13(15)16/h4-6,12,14H,3,7H2,1-2H3. The van der Waals surface area contributed by atoms with Gasteiger partial charge >= 0.3 is 5.82 Å². The molecule has 0 radical (unpaired) electrons. The Morgan fingerprint density at radius 3 is 2.58 bits per heavy atom. The predicted octanol–water partition coefficient (Wildman–Crippen LogP) is 0.429. The highest BCUT2D eigenvalue weighted by Gasteiger charge is 2.23. The summed E-state index contributed by atoms with van der Waals surface area (Å²) in [6.07, 6.45) is 1.29. The van der Waals surface area contributed by atoms with Crippen LogP contribution in [0.15, 0.2) is 23.2 Å². The number of hydrogen-bond donors (Lipinski definition) is 2. The van der Waals surface area contributed by atoms with Crippen molar-refractivity contribution < 1.29 is 18.4 Å². The van der Waals surface area contributed by atoms with Crippen LogP contribution in [0.2, 0.25) is 0 Å². The van der Waals surface area contributed by atoms with Gasteiger partial charge in [-0.15, -0.1) is 0 Å². The van der Waals surface area contributed by atoms with Gasteiger partial charge in [0.2, 0.25) is 10.0 Å². The van der Waals surface area contributed by atoms with Crippen LogP contribution in [0.5, 0.6) is 0 Å². The summed E-state index contributed by atoms with van der Waals surface area (Å²) in [6, 6.07) is 2.10. The Labute approximate surface area is 110 Å². The molecule has 19 heavy (non-hydrogen) atoms. The molecule has 0 aromatic carbocycles. The maximum atomic E-state index is 11.8. The normalized spacial score (nSPS) is 14.9. The summed E-state index contributed by atoms with van der Waals surface area (Å²) < 4.78 is 25.9. The van der Waals surface area contributed by atoms with E-state index >= 15 is 0 Å². The number of pyridine rings is 1. The zero-order valence-corrected chi connectivity index (χ0v) is 11.3. The second-order valence-corrected chi connectivity index (χ2v) is 6.05. The number of sulfonamides is 1. The zero-order chi connectivity index (χ0) is 14.7. The predicted molar refractivity (Wildman–Crippen MR) is 67.0 cm³/mol. The Morgan fingerprint density at radius 2 is 2.16 bits per heavy atom. The lowest BCUT2D eigenvalue weighted by Gasteiger charge is -2.21. The quantitative estimate of drug-likeness (QED) is 0.578. The highest BCUT2D eigenvalue weighted by Crippen LogP contribution is 2.13. The van der Waals surface area contributed by atoms with Gasteiger partial charge in [0.05, 0.1) is 5.60 Å². The minimum atomic E-state index is -3.84. The largest absolute Gasteiger partial charge is 0.389 e. The van der Waals surface area contributed by atoms with Crippen molar-refractivity contribution >= 4 is 15.8 Å². The summed E-state index contributed by atoms with van der Waals surface area (Å²) in [5.41, 5.74) is -1.15. The van der Waals surface area contributed by atoms with Crippen LogP contribution in [-0.4, -0.2) is 35.6 Å². The van der Waals surface area contributed by atoms with Crippen molar-refractivity contribution in [2.75, 3.05) is 6.54 Å². The van der Waals surface area contributed by atoms with E-state index in [0.717, 1.165) is 18.3 Å². The molecule has 2 N–H and O–H groups in total. The third-order valence-corrected chi connectivity index (χ3v) is 4.01. The van der Waals surface area contributed by atoms with Gasteiger partial charge in [-0.2, -0.15) is 0 Å². The summed E-state index contributed by atoms with van der Waals surface area (Å²) in [4.78, 5) is 12.9. The first kappa shape index (κ1) is 15.5. The molecule has 0 spiro atoms. The van der Waals surface area contributed by atoms with Gasteiger partial charge in [0.1, 0.15) is 4.90 Å². The van der Waals surface area contributed by atoms with Crippen molar-refractivity contribution in [2.24, 2.45) is 0 Å². The number of hydrogen-bond acceptors (Lipinski definition) is 6. The molecule has 1 atom stereocenters. The van der Waals surface area contributed by atoms with Gasteiger partial charge in [-0.05, 0) is 29.3 Å². The van der Waals surface area contributed by atoms with Crippen molar-refractivity contribution in [1.82, 2.24) is 9.71 Å². The van der Waals surface area contributed by atoms with Gasteiger partial charge in [0.25, 0.3) is 0 Å². The summed E-state index contributed by atoms with van der Waals surface area (Å²) >= 11 is 0. The summed E-state index contributed by atoms with van der Waals surface area (Å²) in [5, 5.41) is 20.1. The monoisotopic (exact) mass is 289 g/mol. The molecule has 106 valence electrons. The van der Waals surface area contributed by atoms with E-state index < -0.39 is 26.4 Å². The first-order chi connectivity index (χ1) is 8.68. The number of nitro groups is 1. The highest BCUT2D eigenvalue weighted by atomic mass is 32.2. The Bertz CT molecular complexity index is 553. The first-order valence-electron chi connectivity index (χ1n) is 5.50. The molecule has 0 amide bonds. The molecule has 1 aromatic rings. The van der Waals surface area contributed by atoms with Crippen LogP contribution in [0.25, 0.3) is 0 Å². The number of aromatic nitrogens is 1. The maximum absolute atomic E-state index is 11.8. The third-order valence-electron chi connectivity index (χ3n) is 2.62. The molecular formula is C10H15N3O5S. The minimum absolute atomic E-state index is 0.150. The molecule has 1 heterocycles. The van der Waals surface area contributed by atoms with Crippen LogP contribution in [0.1, 0.15) is 20.3 Å². The van der Waals surface area contributed by atoms with Crippen molar-refractivity contribution in [1.29, 1.82) is 0 Å². The molecule has 1 unspecified atom stereocenters. The van der Waals surface area contributed by atoms with E-state index in [9.17, 15) is 23.6 Å². The van der Waals surface area contributed by atoms with Gasteiger partial charge in [-0.1, -0.05) is 6.92 Å². The second-order valence-electron chi connectivity index (χ2n) is 4.28. The van der Waals surface area contributed by atoms with E-state index in [1.807, 2.05) is 0 Å². The van der Waals surface area contributed by atoms with Crippen LogP contribution in [0.4, 0.5) is 5.82 Å². The number of aliphatic hydroxyl groups is 1. The molecule has 8 nitrogen and oxygen atoms in total. The Morgan fingerprint density at radius 1 is 1.53 bits per heavy atom. The second kappa shape index (κ2) is 5.59. The molecular weight excluding hydrogens is 274 g/mol. The van der Waals surface area contributed by atoms with E-state index in [4.69, 9.17) is 0 Å². The topological polar surface area (TPSA) is 122 Å². The number of nitrogens with zero attached hydrogens (tertiary/aromatic N) is 2. The van der Waals surface area contributed by atoms with Gasteiger partial charge in [0.15, 0.2) is 6.20 Å². The molecule has 1 rings (SSSR count). The fraction of sp³-hybridized carbons (Fsp3) is 0.500. The fourth-order valence-corrected chi connectivity index (χ4v) is 2.20. The third kappa shape index (κ3) is 4.23. The Balaban J connectivity index is 2.86. The van der Waals surface area contributed by atoms with Crippen molar-refractivity contribution in [3.05, 3.63) is 28.4 Å². The van der Waals surface area contributed by atoms with Crippen molar-refractivity contribution in [3.8, 4) is 0 Å². The molecule has 1 aromatic heterocycles. The first-order valence-corrected chi connectivity index (χ1v) is 6.99. The van der Waals surface area contributed by atoms with Gasteiger partial charge in [-0.25, -0.2) is 13.1 Å². The lowest BCUT2D eigenvalue weighted by molar-refractivity contribution is -0.389. The molecule has 0 aliphatic heterocycles. The summed E-state index contributed by atoms with van der Waals surface area (Å²) in [7, 11) is -3.84. The summed E-state index contributed by atoms with van der Waals surface area (Å²) in [6.45, 7) is 3.08. The zero-order valence-electron chi connectivity index (χ0n) is 10.5. The smallest absolute Gasteiger partial charge is 0.363 e. The van der Waals surface area contributed by atoms with Crippen LogP contribution < -0.4 is 4.72 Å². The van der Waals surface area contributed by atoms with E-state index in [1.165, 1.54) is 6.92 Å². The van der Waals surface area contributed by atoms with Crippen molar-refractivity contribution in [2.45, 2.75) is 30.8 Å². The minimum Gasteiger partial charge on any atom is -0.389 e. The number of nitrogens with one attached hydrogen (secondary N) is 1. The van der Waals surface area contributed by atoms with E-state index in [2.05, 4.69) is 9.71 Å². The van der Waals surface area contributed by atoms with Crippen molar-refractivity contribution in [3.63, 3.8) is 0 Å². The SMILES string of the molecule is CCC(C)(O)CNS(=O)(=O)c1ccc([N+](=O)[O-])nc1. The average Bonchev–Trinajstić information content (AvgIpc) is 2.37. The molecule has 9 heteroatoms. The highest BCUT2D eigenvalue weighted by molar-refractivity contribution is 7.89. The number of rotatable bonds is 6.